The summed E-state index contributed by atoms with van der Waals surface area (Å²) in [5.41, 5.74) is 2.79. The number of nitrogens with one attached hydrogen (secondary N) is 1. The molecular formula is C28H37ClN4O2. The normalized spacial score (nSPS) is 12.9. The van der Waals surface area contributed by atoms with Gasteiger partial charge in [0.1, 0.15) is 12.4 Å². The van der Waals surface area contributed by atoms with E-state index in [1.807, 2.05) is 45.9 Å². The molecule has 0 saturated heterocycles. The molecule has 1 N–H and O–H groups in total. The molecule has 7 heteroatoms. The lowest BCUT2D eigenvalue weighted by Gasteiger charge is -2.34. The summed E-state index contributed by atoms with van der Waals surface area (Å²) in [5.74, 6) is 0.975. The van der Waals surface area contributed by atoms with Gasteiger partial charge < -0.3 is 14.8 Å². The van der Waals surface area contributed by atoms with Crippen LogP contribution in [-0.4, -0.2) is 44.9 Å². The Morgan fingerprint density at radius 3 is 2.34 bits per heavy atom. The lowest BCUT2D eigenvalue weighted by atomic mass is 10.1. The van der Waals surface area contributed by atoms with Gasteiger partial charge in [-0.3, -0.25) is 9.59 Å². The van der Waals surface area contributed by atoms with E-state index in [0.29, 0.717) is 24.4 Å². The minimum Gasteiger partial charge on any atom is -0.356 e. The number of nitrogens with zero attached hydrogens (tertiary/aromatic N) is 3. The van der Waals surface area contributed by atoms with Crippen LogP contribution in [0.4, 0.5) is 0 Å². The molecule has 0 bridgehead atoms. The van der Waals surface area contributed by atoms with Crippen molar-refractivity contribution in [2.24, 2.45) is 0 Å². The number of halogens is 1. The van der Waals surface area contributed by atoms with Gasteiger partial charge in [0, 0.05) is 30.1 Å². The number of fused-ring (bicyclic) bond motifs is 1. The molecule has 1 heterocycles. The zero-order valence-electron chi connectivity index (χ0n) is 21.3. The Kier molecular flexibility index (Phi) is 9.73. The number of amides is 2. The molecule has 188 valence electrons. The van der Waals surface area contributed by atoms with E-state index in [0.717, 1.165) is 41.7 Å². The van der Waals surface area contributed by atoms with E-state index in [4.69, 9.17) is 16.6 Å². The SMILES string of the molecule is CCC(C)N(C(=O)Cn1c(CCCNC(=O)Cc2ccc(Cl)cc2)nc2ccccc21)C(C)CC. The fourth-order valence-electron chi connectivity index (χ4n) is 4.35. The highest BCUT2D eigenvalue weighted by molar-refractivity contribution is 6.30. The molecule has 0 aliphatic heterocycles. The average Bonchev–Trinajstić information content (AvgIpc) is 3.20. The van der Waals surface area contributed by atoms with Gasteiger partial charge in [0.05, 0.1) is 17.5 Å². The second-order valence-corrected chi connectivity index (χ2v) is 9.61. The lowest BCUT2D eigenvalue weighted by molar-refractivity contribution is -0.136. The molecule has 35 heavy (non-hydrogen) atoms. The summed E-state index contributed by atoms with van der Waals surface area (Å²) in [5, 5.41) is 3.65. The summed E-state index contributed by atoms with van der Waals surface area (Å²) in [6.45, 7) is 9.29. The Morgan fingerprint density at radius 1 is 1.03 bits per heavy atom. The molecule has 0 aliphatic rings. The number of para-hydroxylation sites is 2. The van der Waals surface area contributed by atoms with E-state index in [1.165, 1.54) is 0 Å². The van der Waals surface area contributed by atoms with Crippen LogP contribution in [0.25, 0.3) is 11.0 Å². The number of rotatable bonds is 12. The van der Waals surface area contributed by atoms with E-state index in [9.17, 15) is 9.59 Å². The highest BCUT2D eigenvalue weighted by atomic mass is 35.5. The molecule has 1 aromatic heterocycles. The molecule has 6 nitrogen and oxygen atoms in total. The molecule has 2 aromatic carbocycles. The van der Waals surface area contributed by atoms with Crippen molar-refractivity contribution in [1.82, 2.24) is 19.8 Å². The highest BCUT2D eigenvalue weighted by Crippen LogP contribution is 2.20. The molecule has 3 aromatic rings. The second-order valence-electron chi connectivity index (χ2n) is 9.18. The minimum absolute atomic E-state index is 0.0197. The molecule has 3 rings (SSSR count). The highest BCUT2D eigenvalue weighted by Gasteiger charge is 2.25. The average molecular weight is 497 g/mol. The third-order valence-corrected chi connectivity index (χ3v) is 6.88. The van der Waals surface area contributed by atoms with E-state index >= 15 is 0 Å². The summed E-state index contributed by atoms with van der Waals surface area (Å²) in [6, 6.07) is 15.6. The van der Waals surface area contributed by atoms with Crippen LogP contribution in [0.1, 0.15) is 58.3 Å². The van der Waals surface area contributed by atoms with Gasteiger partial charge >= 0.3 is 0 Å². The van der Waals surface area contributed by atoms with Crippen LogP contribution in [0.5, 0.6) is 0 Å². The fraction of sp³-hybridized carbons (Fsp3) is 0.464. The number of aromatic nitrogens is 2. The summed E-state index contributed by atoms with van der Waals surface area (Å²) in [7, 11) is 0. The lowest BCUT2D eigenvalue weighted by Crippen LogP contribution is -2.45. The first-order valence-corrected chi connectivity index (χ1v) is 13.0. The molecule has 2 unspecified atom stereocenters. The second kappa shape index (κ2) is 12.7. The van der Waals surface area contributed by atoms with E-state index in [1.54, 1.807) is 12.1 Å². The number of imidazole rings is 1. The molecule has 2 amide bonds. The largest absolute Gasteiger partial charge is 0.356 e. The summed E-state index contributed by atoms with van der Waals surface area (Å²) < 4.78 is 2.05. The third-order valence-electron chi connectivity index (χ3n) is 6.62. The maximum absolute atomic E-state index is 13.4. The van der Waals surface area contributed by atoms with E-state index < -0.39 is 0 Å². The number of hydrogen-bond acceptors (Lipinski definition) is 3. The van der Waals surface area contributed by atoms with E-state index in [-0.39, 0.29) is 30.4 Å². The molecule has 0 aliphatic carbocycles. The standard InChI is InChI=1S/C28H37ClN4O2/c1-5-20(3)33(21(4)6-2)28(35)19-32-25-11-8-7-10-24(25)31-26(32)12-9-17-30-27(34)18-22-13-15-23(29)16-14-22/h7-8,10-11,13-16,20-21H,5-6,9,12,17-19H2,1-4H3,(H,30,34). The van der Waals surface area contributed by atoms with Crippen molar-refractivity contribution in [3.8, 4) is 0 Å². The van der Waals surface area contributed by atoms with Crippen LogP contribution in [0.15, 0.2) is 48.5 Å². The van der Waals surface area contributed by atoms with Gasteiger partial charge in [-0.25, -0.2) is 4.98 Å². The first-order valence-electron chi connectivity index (χ1n) is 12.6. The Balaban J connectivity index is 1.66. The van der Waals surface area contributed by atoms with Crippen molar-refractivity contribution < 1.29 is 9.59 Å². The number of benzene rings is 2. The smallest absolute Gasteiger partial charge is 0.243 e. The predicted octanol–water partition coefficient (Wildman–Crippen LogP) is 5.41. The Morgan fingerprint density at radius 2 is 1.69 bits per heavy atom. The third kappa shape index (κ3) is 7.07. The van der Waals surface area contributed by atoms with Crippen molar-refractivity contribution in [2.45, 2.75) is 78.4 Å². The van der Waals surface area contributed by atoms with Crippen LogP contribution in [0.2, 0.25) is 5.02 Å². The molecule has 0 spiro atoms. The quantitative estimate of drug-likeness (QED) is 0.341. The fourth-order valence-corrected chi connectivity index (χ4v) is 4.48. The zero-order chi connectivity index (χ0) is 25.4. The van der Waals surface area contributed by atoms with Crippen molar-refractivity contribution in [3.05, 3.63) is 64.9 Å². The molecular weight excluding hydrogens is 460 g/mol. The maximum atomic E-state index is 13.4. The summed E-state index contributed by atoms with van der Waals surface area (Å²) >= 11 is 5.91. The topological polar surface area (TPSA) is 67.2 Å². The van der Waals surface area contributed by atoms with Gasteiger partial charge in [0.15, 0.2) is 0 Å². The van der Waals surface area contributed by atoms with Gasteiger partial charge in [-0.15, -0.1) is 0 Å². The van der Waals surface area contributed by atoms with Crippen molar-refractivity contribution in [3.63, 3.8) is 0 Å². The van der Waals surface area contributed by atoms with Gasteiger partial charge in [-0.1, -0.05) is 49.7 Å². The molecule has 2 atom stereocenters. The van der Waals surface area contributed by atoms with Crippen molar-refractivity contribution in [1.29, 1.82) is 0 Å². The molecule has 0 radical (unpaired) electrons. The number of carbonyl (C=O) groups is 2. The van der Waals surface area contributed by atoms with Gasteiger partial charge in [-0.2, -0.15) is 0 Å². The van der Waals surface area contributed by atoms with Crippen LogP contribution < -0.4 is 5.32 Å². The number of hydrogen-bond donors (Lipinski definition) is 1. The van der Waals surface area contributed by atoms with Crippen LogP contribution in [0.3, 0.4) is 0 Å². The molecule has 0 saturated carbocycles. The monoisotopic (exact) mass is 496 g/mol. The molecule has 0 fully saturated rings. The summed E-state index contributed by atoms with van der Waals surface area (Å²) in [6.07, 6.45) is 3.58. The Labute approximate surface area is 213 Å². The Bertz CT molecular complexity index is 1120. The van der Waals surface area contributed by atoms with Gasteiger partial charge in [0.2, 0.25) is 11.8 Å². The van der Waals surface area contributed by atoms with Gasteiger partial charge in [-0.05, 0) is 62.9 Å². The first-order chi connectivity index (χ1) is 16.8. The predicted molar refractivity (Wildman–Crippen MR) is 143 cm³/mol. The van der Waals surface area contributed by atoms with Crippen LogP contribution in [0, 0.1) is 0 Å². The number of aryl methyl sites for hydroxylation is 1. The summed E-state index contributed by atoms with van der Waals surface area (Å²) in [4.78, 5) is 32.6. The van der Waals surface area contributed by atoms with Gasteiger partial charge in [0.25, 0.3) is 0 Å². The first kappa shape index (κ1) is 26.7. The maximum Gasteiger partial charge on any atom is 0.243 e. The minimum atomic E-state index is -0.0197. The zero-order valence-corrected chi connectivity index (χ0v) is 22.0. The van der Waals surface area contributed by atoms with Crippen molar-refractivity contribution >= 4 is 34.4 Å². The van der Waals surface area contributed by atoms with Crippen molar-refractivity contribution in [2.75, 3.05) is 6.54 Å². The Hall–Kier alpha value is -2.86. The number of carbonyl (C=O) groups excluding carboxylic acids is 2. The van der Waals surface area contributed by atoms with E-state index in [2.05, 4.69) is 33.0 Å². The van der Waals surface area contributed by atoms with Crippen LogP contribution in [-0.2, 0) is 29.0 Å². The van der Waals surface area contributed by atoms with Crippen LogP contribution >= 0.6 is 11.6 Å².